The van der Waals surface area contributed by atoms with Gasteiger partial charge in [0.25, 0.3) is 10.0 Å². The van der Waals surface area contributed by atoms with Gasteiger partial charge in [0, 0.05) is 0 Å². The molecule has 3 aromatic carbocycles. The van der Waals surface area contributed by atoms with Crippen molar-refractivity contribution in [1.82, 2.24) is 0 Å². The van der Waals surface area contributed by atoms with Crippen LogP contribution in [0.2, 0.25) is 0 Å². The lowest BCUT2D eigenvalue weighted by atomic mass is 10.1. The van der Waals surface area contributed by atoms with Gasteiger partial charge in [-0.05, 0) is 41.1 Å². The Kier molecular flexibility index (Phi) is 3.35. The van der Waals surface area contributed by atoms with Gasteiger partial charge in [-0.25, -0.2) is 12.8 Å². The van der Waals surface area contributed by atoms with Gasteiger partial charge in [0.05, 0.1) is 10.6 Å². The summed E-state index contributed by atoms with van der Waals surface area (Å²) < 4.78 is 40.1. The van der Waals surface area contributed by atoms with Crippen LogP contribution in [0, 0.1) is 5.82 Å². The standard InChI is InChI=1S/C16H12FNO2S/c17-14-6-3-7-15(11-14)18-21(19,20)16-9-8-12-4-1-2-5-13(12)10-16/h1-11,18H. The molecule has 0 aliphatic rings. The van der Waals surface area contributed by atoms with Crippen LogP contribution in [0.3, 0.4) is 0 Å². The lowest BCUT2D eigenvalue weighted by Crippen LogP contribution is -2.12. The van der Waals surface area contributed by atoms with E-state index < -0.39 is 15.8 Å². The highest BCUT2D eigenvalue weighted by molar-refractivity contribution is 7.92. The van der Waals surface area contributed by atoms with Gasteiger partial charge in [0.1, 0.15) is 5.82 Å². The summed E-state index contributed by atoms with van der Waals surface area (Å²) in [5.41, 5.74) is 0.197. The van der Waals surface area contributed by atoms with E-state index in [4.69, 9.17) is 0 Å². The molecule has 1 N–H and O–H groups in total. The van der Waals surface area contributed by atoms with Crippen molar-refractivity contribution in [2.24, 2.45) is 0 Å². The summed E-state index contributed by atoms with van der Waals surface area (Å²) in [5, 5.41) is 1.79. The number of fused-ring (bicyclic) bond motifs is 1. The van der Waals surface area contributed by atoms with Crippen LogP contribution in [0.15, 0.2) is 71.6 Å². The Hall–Kier alpha value is -2.40. The third kappa shape index (κ3) is 2.87. The Morgan fingerprint density at radius 3 is 2.33 bits per heavy atom. The van der Waals surface area contributed by atoms with E-state index in [0.29, 0.717) is 0 Å². The summed E-state index contributed by atoms with van der Waals surface area (Å²) in [6, 6.07) is 17.7. The molecule has 0 aliphatic carbocycles. The highest BCUT2D eigenvalue weighted by atomic mass is 32.2. The van der Waals surface area contributed by atoms with Crippen molar-refractivity contribution in [1.29, 1.82) is 0 Å². The highest BCUT2D eigenvalue weighted by Gasteiger charge is 2.14. The van der Waals surface area contributed by atoms with Crippen LogP contribution in [0.4, 0.5) is 10.1 Å². The van der Waals surface area contributed by atoms with Crippen LogP contribution < -0.4 is 4.72 Å². The molecule has 5 heteroatoms. The maximum atomic E-state index is 13.1. The maximum Gasteiger partial charge on any atom is 0.261 e. The molecule has 3 rings (SSSR count). The van der Waals surface area contributed by atoms with Crippen LogP contribution >= 0.6 is 0 Å². The minimum absolute atomic E-state index is 0.144. The fraction of sp³-hybridized carbons (Fsp3) is 0. The molecule has 0 aliphatic heterocycles. The predicted molar refractivity (Wildman–Crippen MR) is 81.2 cm³/mol. The zero-order valence-electron chi connectivity index (χ0n) is 11.0. The van der Waals surface area contributed by atoms with Crippen LogP contribution in [-0.2, 0) is 10.0 Å². The number of rotatable bonds is 3. The molecule has 0 unspecified atom stereocenters. The Bertz CT molecular complexity index is 907. The lowest BCUT2D eigenvalue weighted by molar-refractivity contribution is 0.601. The summed E-state index contributed by atoms with van der Waals surface area (Å²) >= 11 is 0. The Morgan fingerprint density at radius 1 is 0.810 bits per heavy atom. The Morgan fingerprint density at radius 2 is 1.57 bits per heavy atom. The average molecular weight is 301 g/mol. The molecular weight excluding hydrogens is 289 g/mol. The van der Waals surface area contributed by atoms with Crippen molar-refractivity contribution in [3.63, 3.8) is 0 Å². The van der Waals surface area contributed by atoms with E-state index in [2.05, 4.69) is 4.72 Å². The highest BCUT2D eigenvalue weighted by Crippen LogP contribution is 2.21. The van der Waals surface area contributed by atoms with Crippen LogP contribution in [0.25, 0.3) is 10.8 Å². The van der Waals surface area contributed by atoms with Crippen molar-refractivity contribution in [3.05, 3.63) is 72.5 Å². The normalized spacial score (nSPS) is 11.5. The largest absolute Gasteiger partial charge is 0.280 e. The number of hydrogen-bond donors (Lipinski definition) is 1. The minimum Gasteiger partial charge on any atom is -0.280 e. The van der Waals surface area contributed by atoms with Crippen LogP contribution in [-0.4, -0.2) is 8.42 Å². The van der Waals surface area contributed by atoms with Gasteiger partial charge in [-0.2, -0.15) is 0 Å². The molecule has 21 heavy (non-hydrogen) atoms. The summed E-state index contributed by atoms with van der Waals surface area (Å²) in [6.07, 6.45) is 0. The molecule has 0 amide bonds. The number of sulfonamides is 1. The fourth-order valence-corrected chi connectivity index (χ4v) is 3.19. The maximum absolute atomic E-state index is 13.1. The molecule has 3 aromatic rings. The second-order valence-electron chi connectivity index (χ2n) is 4.62. The minimum atomic E-state index is -3.74. The van der Waals surface area contributed by atoms with E-state index in [-0.39, 0.29) is 10.6 Å². The molecular formula is C16H12FNO2S. The number of anilines is 1. The monoisotopic (exact) mass is 301 g/mol. The number of halogens is 1. The molecule has 0 atom stereocenters. The quantitative estimate of drug-likeness (QED) is 0.800. The van der Waals surface area contributed by atoms with Crippen molar-refractivity contribution in [3.8, 4) is 0 Å². The molecule has 0 fully saturated rings. The topological polar surface area (TPSA) is 46.2 Å². The first kappa shape index (κ1) is 13.6. The number of benzene rings is 3. The Balaban J connectivity index is 2.00. The smallest absolute Gasteiger partial charge is 0.261 e. The summed E-state index contributed by atoms with van der Waals surface area (Å²) in [5.74, 6) is -0.492. The number of nitrogens with one attached hydrogen (secondary N) is 1. The van der Waals surface area contributed by atoms with Gasteiger partial charge in [-0.15, -0.1) is 0 Å². The average Bonchev–Trinajstić information content (AvgIpc) is 2.46. The van der Waals surface area contributed by atoms with E-state index in [1.807, 2.05) is 24.3 Å². The lowest BCUT2D eigenvalue weighted by Gasteiger charge is -2.09. The summed E-state index contributed by atoms with van der Waals surface area (Å²) in [7, 11) is -3.74. The molecule has 0 spiro atoms. The third-order valence-electron chi connectivity index (χ3n) is 3.11. The zero-order valence-corrected chi connectivity index (χ0v) is 11.8. The van der Waals surface area contributed by atoms with E-state index in [9.17, 15) is 12.8 Å². The molecule has 106 valence electrons. The molecule has 0 heterocycles. The zero-order chi connectivity index (χ0) is 14.9. The fourth-order valence-electron chi connectivity index (χ4n) is 2.10. The third-order valence-corrected chi connectivity index (χ3v) is 4.49. The molecule has 0 saturated carbocycles. The van der Waals surface area contributed by atoms with Gasteiger partial charge in [-0.3, -0.25) is 4.72 Å². The predicted octanol–water partition coefficient (Wildman–Crippen LogP) is 3.78. The molecule has 3 nitrogen and oxygen atoms in total. The van der Waals surface area contributed by atoms with E-state index in [1.165, 1.54) is 24.3 Å². The second kappa shape index (κ2) is 5.18. The van der Waals surface area contributed by atoms with Crippen LogP contribution in [0.1, 0.15) is 0 Å². The van der Waals surface area contributed by atoms with Crippen molar-refractivity contribution in [2.45, 2.75) is 4.90 Å². The van der Waals surface area contributed by atoms with Crippen molar-refractivity contribution >= 4 is 26.5 Å². The number of hydrogen-bond acceptors (Lipinski definition) is 2. The van der Waals surface area contributed by atoms with Gasteiger partial charge in [0.2, 0.25) is 0 Å². The Labute approximate surface area is 122 Å². The molecule has 0 aromatic heterocycles. The molecule has 0 saturated heterocycles. The van der Waals surface area contributed by atoms with Gasteiger partial charge >= 0.3 is 0 Å². The van der Waals surface area contributed by atoms with Gasteiger partial charge < -0.3 is 0 Å². The summed E-state index contributed by atoms with van der Waals surface area (Å²) in [4.78, 5) is 0.144. The van der Waals surface area contributed by atoms with E-state index in [1.54, 1.807) is 12.1 Å². The van der Waals surface area contributed by atoms with E-state index in [0.717, 1.165) is 16.8 Å². The van der Waals surface area contributed by atoms with Crippen molar-refractivity contribution in [2.75, 3.05) is 4.72 Å². The molecule has 0 bridgehead atoms. The first-order valence-electron chi connectivity index (χ1n) is 6.32. The molecule has 0 radical (unpaired) electrons. The SMILES string of the molecule is O=S(=O)(Nc1cccc(F)c1)c1ccc2ccccc2c1. The van der Waals surface area contributed by atoms with Crippen molar-refractivity contribution < 1.29 is 12.8 Å². The van der Waals surface area contributed by atoms with Crippen LogP contribution in [0.5, 0.6) is 0 Å². The van der Waals surface area contributed by atoms with E-state index >= 15 is 0 Å². The van der Waals surface area contributed by atoms with Gasteiger partial charge in [-0.1, -0.05) is 36.4 Å². The van der Waals surface area contributed by atoms with Gasteiger partial charge in [0.15, 0.2) is 0 Å². The summed E-state index contributed by atoms with van der Waals surface area (Å²) in [6.45, 7) is 0. The second-order valence-corrected chi connectivity index (χ2v) is 6.31. The first-order chi connectivity index (χ1) is 10.0. The first-order valence-corrected chi connectivity index (χ1v) is 7.80.